The van der Waals surface area contributed by atoms with Crippen molar-refractivity contribution in [3.05, 3.63) is 17.7 Å². The fourth-order valence-electron chi connectivity index (χ4n) is 2.56. The van der Waals surface area contributed by atoms with Gasteiger partial charge in [0.25, 0.3) is 0 Å². The van der Waals surface area contributed by atoms with Crippen molar-refractivity contribution in [1.82, 2.24) is 5.32 Å². The molecule has 0 radical (unpaired) electrons. The lowest BCUT2D eigenvalue weighted by molar-refractivity contribution is 0.171. The highest BCUT2D eigenvalue weighted by Crippen LogP contribution is 2.42. The maximum absolute atomic E-state index is 6.02. The van der Waals surface area contributed by atoms with Gasteiger partial charge in [0.05, 0.1) is 5.69 Å². The Kier molecular flexibility index (Phi) is 3.48. The molecule has 3 rings (SSSR count). The Morgan fingerprint density at radius 1 is 1.21 bits per heavy atom. The molecule has 2 heterocycles. The number of nitrogens with zero attached hydrogens (tertiary/aromatic N) is 1. The maximum atomic E-state index is 6.02. The number of hydrogen-bond donors (Lipinski definition) is 2. The highest BCUT2D eigenvalue weighted by molar-refractivity contribution is 5.67. The molecule has 0 spiro atoms. The third kappa shape index (κ3) is 2.48. The van der Waals surface area contributed by atoms with Crippen molar-refractivity contribution >= 4 is 5.69 Å². The molecular formula is C14H21N3O2. The standard InChI is InChI=1S/C14H21N3O2/c1-10(15)11-8-12(17-4-2-16-3-5-17)14-13(9-11)18-6-7-19-14/h8-10,16H,2-7,15H2,1H3. The average molecular weight is 263 g/mol. The molecule has 1 atom stereocenters. The van der Waals surface area contributed by atoms with Crippen LogP contribution in [0.15, 0.2) is 12.1 Å². The van der Waals surface area contributed by atoms with Crippen molar-refractivity contribution in [3.63, 3.8) is 0 Å². The molecule has 19 heavy (non-hydrogen) atoms. The minimum absolute atomic E-state index is 0.00232. The number of ether oxygens (including phenoxy) is 2. The second-order valence-corrected chi connectivity index (χ2v) is 5.09. The molecule has 0 saturated carbocycles. The molecule has 1 saturated heterocycles. The molecule has 2 aliphatic heterocycles. The normalized spacial score (nSPS) is 20.2. The fraction of sp³-hybridized carbons (Fsp3) is 0.571. The summed E-state index contributed by atoms with van der Waals surface area (Å²) in [6, 6.07) is 4.14. The number of fused-ring (bicyclic) bond motifs is 1. The van der Waals surface area contributed by atoms with E-state index in [-0.39, 0.29) is 6.04 Å². The van der Waals surface area contributed by atoms with E-state index in [1.807, 2.05) is 13.0 Å². The van der Waals surface area contributed by atoms with Crippen LogP contribution in [0.5, 0.6) is 11.5 Å². The third-order valence-electron chi connectivity index (χ3n) is 3.63. The summed E-state index contributed by atoms with van der Waals surface area (Å²) in [7, 11) is 0. The summed E-state index contributed by atoms with van der Waals surface area (Å²) in [6.45, 7) is 7.18. The van der Waals surface area contributed by atoms with E-state index in [1.165, 1.54) is 0 Å². The van der Waals surface area contributed by atoms with Crippen LogP contribution >= 0.6 is 0 Å². The third-order valence-corrected chi connectivity index (χ3v) is 3.63. The van der Waals surface area contributed by atoms with E-state index < -0.39 is 0 Å². The van der Waals surface area contributed by atoms with E-state index >= 15 is 0 Å². The Balaban J connectivity index is 2.01. The lowest BCUT2D eigenvalue weighted by Crippen LogP contribution is -2.43. The highest BCUT2D eigenvalue weighted by atomic mass is 16.6. The number of nitrogens with one attached hydrogen (secondary N) is 1. The number of benzene rings is 1. The zero-order valence-electron chi connectivity index (χ0n) is 11.3. The monoisotopic (exact) mass is 263 g/mol. The SMILES string of the molecule is CC(N)c1cc2c(c(N3CCNCC3)c1)OCCO2. The van der Waals surface area contributed by atoms with Gasteiger partial charge in [0.15, 0.2) is 11.5 Å². The summed E-state index contributed by atoms with van der Waals surface area (Å²) in [5.41, 5.74) is 8.23. The Labute approximate surface area is 113 Å². The molecule has 1 aromatic carbocycles. The Bertz CT molecular complexity index is 456. The van der Waals surface area contributed by atoms with E-state index in [4.69, 9.17) is 15.2 Å². The summed E-state index contributed by atoms with van der Waals surface area (Å²) in [5, 5.41) is 3.36. The summed E-state index contributed by atoms with van der Waals surface area (Å²) >= 11 is 0. The van der Waals surface area contributed by atoms with Gasteiger partial charge in [-0.25, -0.2) is 0 Å². The van der Waals surface area contributed by atoms with Crippen LogP contribution in [0.1, 0.15) is 18.5 Å². The van der Waals surface area contributed by atoms with Crippen molar-refractivity contribution in [2.75, 3.05) is 44.3 Å². The summed E-state index contributed by atoms with van der Waals surface area (Å²) < 4.78 is 11.5. The second kappa shape index (κ2) is 5.27. The molecule has 0 aromatic heterocycles. The first-order chi connectivity index (χ1) is 9.25. The largest absolute Gasteiger partial charge is 0.486 e. The molecule has 3 N–H and O–H groups in total. The zero-order valence-corrected chi connectivity index (χ0v) is 11.3. The quantitative estimate of drug-likeness (QED) is 0.830. The number of piperazine rings is 1. The first kappa shape index (κ1) is 12.6. The number of nitrogens with two attached hydrogens (primary N) is 1. The van der Waals surface area contributed by atoms with Crippen molar-refractivity contribution < 1.29 is 9.47 Å². The van der Waals surface area contributed by atoms with Gasteiger partial charge in [-0.2, -0.15) is 0 Å². The van der Waals surface area contributed by atoms with Crippen LogP contribution in [0.2, 0.25) is 0 Å². The number of anilines is 1. The van der Waals surface area contributed by atoms with Gasteiger partial charge in [-0.15, -0.1) is 0 Å². The minimum Gasteiger partial charge on any atom is -0.486 e. The van der Waals surface area contributed by atoms with Crippen LogP contribution in [0.25, 0.3) is 0 Å². The van der Waals surface area contributed by atoms with Gasteiger partial charge in [0.1, 0.15) is 13.2 Å². The molecule has 2 aliphatic rings. The summed E-state index contributed by atoms with van der Waals surface area (Å²) in [6.07, 6.45) is 0. The molecule has 104 valence electrons. The predicted octanol–water partition coefficient (Wildman–Crippen LogP) is 0.887. The average Bonchev–Trinajstić information content (AvgIpc) is 2.47. The maximum Gasteiger partial charge on any atom is 0.184 e. The van der Waals surface area contributed by atoms with Crippen molar-refractivity contribution in [1.29, 1.82) is 0 Å². The smallest absolute Gasteiger partial charge is 0.184 e. The fourth-order valence-corrected chi connectivity index (χ4v) is 2.56. The van der Waals surface area contributed by atoms with E-state index in [9.17, 15) is 0 Å². The lowest BCUT2D eigenvalue weighted by atomic mass is 10.1. The molecule has 1 fully saturated rings. The van der Waals surface area contributed by atoms with Crippen LogP contribution in [0, 0.1) is 0 Å². The van der Waals surface area contributed by atoms with Gasteiger partial charge >= 0.3 is 0 Å². The van der Waals surface area contributed by atoms with E-state index in [0.717, 1.165) is 48.9 Å². The molecule has 1 aromatic rings. The minimum atomic E-state index is -0.00232. The van der Waals surface area contributed by atoms with Crippen molar-refractivity contribution in [3.8, 4) is 11.5 Å². The van der Waals surface area contributed by atoms with E-state index in [2.05, 4.69) is 16.3 Å². The molecule has 1 unspecified atom stereocenters. The summed E-state index contributed by atoms with van der Waals surface area (Å²) in [4.78, 5) is 2.34. The molecule has 0 amide bonds. The zero-order chi connectivity index (χ0) is 13.2. The van der Waals surface area contributed by atoms with Gasteiger partial charge in [-0.1, -0.05) is 0 Å². The number of rotatable bonds is 2. The first-order valence-corrected chi connectivity index (χ1v) is 6.90. The van der Waals surface area contributed by atoms with Crippen LogP contribution < -0.4 is 25.4 Å². The van der Waals surface area contributed by atoms with E-state index in [0.29, 0.717) is 13.2 Å². The molecule has 0 aliphatic carbocycles. The van der Waals surface area contributed by atoms with Gasteiger partial charge < -0.3 is 25.4 Å². The van der Waals surface area contributed by atoms with Gasteiger partial charge in [0.2, 0.25) is 0 Å². The van der Waals surface area contributed by atoms with E-state index in [1.54, 1.807) is 0 Å². The Morgan fingerprint density at radius 2 is 1.95 bits per heavy atom. The van der Waals surface area contributed by atoms with Crippen LogP contribution in [-0.4, -0.2) is 39.4 Å². The van der Waals surface area contributed by atoms with Crippen molar-refractivity contribution in [2.24, 2.45) is 5.73 Å². The van der Waals surface area contributed by atoms with Crippen molar-refractivity contribution in [2.45, 2.75) is 13.0 Å². The molecule has 5 heteroatoms. The van der Waals surface area contributed by atoms with Crippen LogP contribution in [0.3, 0.4) is 0 Å². The topological polar surface area (TPSA) is 59.8 Å². The Hall–Kier alpha value is -1.46. The lowest BCUT2D eigenvalue weighted by Gasteiger charge is -2.33. The highest BCUT2D eigenvalue weighted by Gasteiger charge is 2.23. The predicted molar refractivity (Wildman–Crippen MR) is 75.1 cm³/mol. The molecule has 0 bridgehead atoms. The Morgan fingerprint density at radius 3 is 2.68 bits per heavy atom. The molecule has 5 nitrogen and oxygen atoms in total. The van der Waals surface area contributed by atoms with Gasteiger partial charge in [-0.05, 0) is 24.6 Å². The molecular weight excluding hydrogens is 242 g/mol. The number of hydrogen-bond acceptors (Lipinski definition) is 5. The van der Waals surface area contributed by atoms with Crippen LogP contribution in [0.4, 0.5) is 5.69 Å². The van der Waals surface area contributed by atoms with Crippen LogP contribution in [-0.2, 0) is 0 Å². The second-order valence-electron chi connectivity index (χ2n) is 5.09. The van der Waals surface area contributed by atoms with Gasteiger partial charge in [0, 0.05) is 32.2 Å². The summed E-state index contributed by atoms with van der Waals surface area (Å²) in [5.74, 6) is 1.70. The first-order valence-electron chi connectivity index (χ1n) is 6.90. The van der Waals surface area contributed by atoms with Gasteiger partial charge in [-0.3, -0.25) is 0 Å².